The van der Waals surface area contributed by atoms with Crippen LogP contribution in [-0.4, -0.2) is 15.0 Å². The first-order chi connectivity index (χ1) is 9.89. The van der Waals surface area contributed by atoms with E-state index < -0.39 is 10.0 Å². The molecule has 0 spiro atoms. The zero-order valence-corrected chi connectivity index (χ0v) is 12.9. The van der Waals surface area contributed by atoms with E-state index in [0.29, 0.717) is 29.2 Å². The second kappa shape index (κ2) is 4.77. The highest BCUT2D eigenvalue weighted by Crippen LogP contribution is 2.37. The Kier molecular flexibility index (Phi) is 3.17. The summed E-state index contributed by atoms with van der Waals surface area (Å²) in [5.41, 5.74) is 10.0. The fourth-order valence-electron chi connectivity index (χ4n) is 2.90. The Labute approximate surface area is 125 Å². The van der Waals surface area contributed by atoms with Crippen molar-refractivity contribution < 1.29 is 8.42 Å². The smallest absolute Gasteiger partial charge is 0.264 e. The van der Waals surface area contributed by atoms with E-state index in [-0.39, 0.29) is 0 Å². The summed E-state index contributed by atoms with van der Waals surface area (Å²) in [5.74, 6) is 0. The van der Waals surface area contributed by atoms with Gasteiger partial charge in [0.05, 0.1) is 16.3 Å². The molecule has 0 aliphatic carbocycles. The van der Waals surface area contributed by atoms with Crippen LogP contribution in [0.15, 0.2) is 41.3 Å². The van der Waals surface area contributed by atoms with Crippen LogP contribution < -0.4 is 10.0 Å². The van der Waals surface area contributed by atoms with Gasteiger partial charge in [0.1, 0.15) is 0 Å². The van der Waals surface area contributed by atoms with Crippen LogP contribution in [0.25, 0.3) is 0 Å². The summed E-state index contributed by atoms with van der Waals surface area (Å²) in [6.45, 7) is 4.25. The first-order valence-electron chi connectivity index (χ1n) is 6.88. The molecule has 0 fully saturated rings. The number of nitrogen functional groups attached to an aromatic ring is 1. The number of benzene rings is 2. The predicted octanol–water partition coefficient (Wildman–Crippen LogP) is 2.64. The van der Waals surface area contributed by atoms with Crippen LogP contribution >= 0.6 is 0 Å². The fourth-order valence-corrected chi connectivity index (χ4v) is 4.62. The van der Waals surface area contributed by atoms with Gasteiger partial charge >= 0.3 is 0 Å². The average molecular weight is 302 g/mol. The van der Waals surface area contributed by atoms with Crippen LogP contribution in [0.2, 0.25) is 0 Å². The van der Waals surface area contributed by atoms with Gasteiger partial charge < -0.3 is 5.73 Å². The average Bonchev–Trinajstić information content (AvgIpc) is 2.83. The van der Waals surface area contributed by atoms with Crippen molar-refractivity contribution in [1.82, 2.24) is 0 Å². The lowest BCUT2D eigenvalue weighted by atomic mass is 10.1. The Morgan fingerprint density at radius 1 is 1.10 bits per heavy atom. The number of para-hydroxylation sites is 1. The Hall–Kier alpha value is -2.01. The first kappa shape index (κ1) is 13.9. The molecule has 1 heterocycles. The molecule has 0 aromatic heterocycles. The van der Waals surface area contributed by atoms with Crippen LogP contribution in [0.5, 0.6) is 0 Å². The summed E-state index contributed by atoms with van der Waals surface area (Å²) in [5, 5.41) is 0. The van der Waals surface area contributed by atoms with E-state index in [4.69, 9.17) is 5.73 Å². The normalized spacial score (nSPS) is 14.3. The molecule has 110 valence electrons. The van der Waals surface area contributed by atoms with Crippen molar-refractivity contribution in [3.8, 4) is 0 Å². The maximum atomic E-state index is 12.9. The summed E-state index contributed by atoms with van der Waals surface area (Å²) in [6.07, 6.45) is 0.699. The molecule has 21 heavy (non-hydrogen) atoms. The first-order valence-corrected chi connectivity index (χ1v) is 8.32. The summed E-state index contributed by atoms with van der Waals surface area (Å²) in [4.78, 5) is 0.330. The third-order valence-electron chi connectivity index (χ3n) is 3.77. The Morgan fingerprint density at radius 2 is 1.76 bits per heavy atom. The van der Waals surface area contributed by atoms with E-state index in [9.17, 15) is 8.42 Å². The molecule has 1 aliphatic heterocycles. The number of hydrogen-bond donors (Lipinski definition) is 1. The fraction of sp³-hybridized carbons (Fsp3) is 0.250. The third kappa shape index (κ3) is 2.27. The van der Waals surface area contributed by atoms with Gasteiger partial charge in [0, 0.05) is 6.54 Å². The van der Waals surface area contributed by atoms with Crippen LogP contribution in [0, 0.1) is 13.8 Å². The second-order valence-corrected chi connectivity index (χ2v) is 7.37. The van der Waals surface area contributed by atoms with Gasteiger partial charge in [0.2, 0.25) is 0 Å². The third-order valence-corrected chi connectivity index (χ3v) is 5.54. The molecule has 0 saturated carbocycles. The summed E-state index contributed by atoms with van der Waals surface area (Å²) in [7, 11) is -3.57. The van der Waals surface area contributed by atoms with Gasteiger partial charge in [0.25, 0.3) is 10.0 Å². The molecular formula is C16H18N2O2S. The molecule has 0 bridgehead atoms. The lowest BCUT2D eigenvalue weighted by Gasteiger charge is -2.21. The summed E-state index contributed by atoms with van der Waals surface area (Å²) >= 11 is 0. The van der Waals surface area contributed by atoms with E-state index >= 15 is 0 Å². The molecule has 0 amide bonds. The van der Waals surface area contributed by atoms with Crippen molar-refractivity contribution >= 4 is 21.4 Å². The highest BCUT2D eigenvalue weighted by molar-refractivity contribution is 7.92. The zero-order chi connectivity index (χ0) is 15.2. The number of fused-ring (bicyclic) bond motifs is 1. The lowest BCUT2D eigenvalue weighted by Crippen LogP contribution is -2.29. The molecule has 4 nitrogen and oxygen atoms in total. The van der Waals surface area contributed by atoms with Gasteiger partial charge in [-0.05, 0) is 55.2 Å². The quantitative estimate of drug-likeness (QED) is 0.867. The van der Waals surface area contributed by atoms with Crippen LogP contribution in [-0.2, 0) is 16.4 Å². The molecule has 2 N–H and O–H groups in total. The summed E-state index contributed by atoms with van der Waals surface area (Å²) < 4.78 is 27.3. The molecule has 1 aliphatic rings. The van der Waals surface area contributed by atoms with Crippen LogP contribution in [0.1, 0.15) is 16.7 Å². The lowest BCUT2D eigenvalue weighted by molar-refractivity contribution is 0.592. The zero-order valence-electron chi connectivity index (χ0n) is 12.1. The van der Waals surface area contributed by atoms with E-state index in [1.165, 1.54) is 4.31 Å². The maximum Gasteiger partial charge on any atom is 0.264 e. The van der Waals surface area contributed by atoms with E-state index in [1.807, 2.05) is 32.0 Å². The van der Waals surface area contributed by atoms with Gasteiger partial charge in [-0.2, -0.15) is 0 Å². The molecule has 3 rings (SSSR count). The van der Waals surface area contributed by atoms with E-state index in [1.54, 1.807) is 18.2 Å². The minimum atomic E-state index is -3.57. The van der Waals surface area contributed by atoms with Gasteiger partial charge in [-0.25, -0.2) is 8.42 Å². The molecule has 0 atom stereocenters. The van der Waals surface area contributed by atoms with Gasteiger partial charge in [0.15, 0.2) is 0 Å². The van der Waals surface area contributed by atoms with Crippen LogP contribution in [0.3, 0.4) is 0 Å². The number of rotatable bonds is 2. The van der Waals surface area contributed by atoms with Crippen molar-refractivity contribution in [2.24, 2.45) is 0 Å². The SMILES string of the molecule is Cc1cc(C)cc(S(=O)(=O)N2CCc3cccc(N)c32)c1. The Morgan fingerprint density at radius 3 is 2.43 bits per heavy atom. The number of sulfonamides is 1. The summed E-state index contributed by atoms with van der Waals surface area (Å²) in [6, 6.07) is 10.9. The van der Waals surface area contributed by atoms with Gasteiger partial charge in [-0.3, -0.25) is 4.31 Å². The van der Waals surface area contributed by atoms with E-state index in [2.05, 4.69) is 0 Å². The molecule has 2 aromatic carbocycles. The minimum absolute atomic E-state index is 0.330. The van der Waals surface area contributed by atoms with E-state index in [0.717, 1.165) is 16.7 Å². The van der Waals surface area contributed by atoms with Crippen molar-refractivity contribution in [2.45, 2.75) is 25.2 Å². The topological polar surface area (TPSA) is 63.4 Å². The predicted molar refractivity (Wildman–Crippen MR) is 85.0 cm³/mol. The standard InChI is InChI=1S/C16H18N2O2S/c1-11-8-12(2)10-14(9-11)21(19,20)18-7-6-13-4-3-5-15(17)16(13)18/h3-5,8-10H,6-7,17H2,1-2H3. The van der Waals surface area contributed by atoms with Gasteiger partial charge in [-0.1, -0.05) is 18.2 Å². The second-order valence-electron chi connectivity index (χ2n) is 5.51. The van der Waals surface area contributed by atoms with Crippen LogP contribution in [0.4, 0.5) is 11.4 Å². The largest absolute Gasteiger partial charge is 0.397 e. The van der Waals surface area contributed by atoms with Crippen molar-refractivity contribution in [3.05, 3.63) is 53.1 Å². The number of aryl methyl sites for hydroxylation is 2. The van der Waals surface area contributed by atoms with Crippen molar-refractivity contribution in [1.29, 1.82) is 0 Å². The molecular weight excluding hydrogens is 284 g/mol. The Bertz CT molecular complexity index is 793. The molecule has 5 heteroatoms. The minimum Gasteiger partial charge on any atom is -0.397 e. The number of nitrogens with two attached hydrogens (primary N) is 1. The Balaban J connectivity index is 2.14. The molecule has 2 aromatic rings. The molecule has 0 unspecified atom stereocenters. The highest BCUT2D eigenvalue weighted by atomic mass is 32.2. The number of nitrogens with zero attached hydrogens (tertiary/aromatic N) is 1. The molecule has 0 saturated heterocycles. The number of hydrogen-bond acceptors (Lipinski definition) is 3. The van der Waals surface area contributed by atoms with Crippen molar-refractivity contribution in [2.75, 3.05) is 16.6 Å². The maximum absolute atomic E-state index is 12.9. The highest BCUT2D eigenvalue weighted by Gasteiger charge is 2.32. The number of anilines is 2. The molecule has 0 radical (unpaired) electrons. The van der Waals surface area contributed by atoms with Crippen molar-refractivity contribution in [3.63, 3.8) is 0 Å². The monoisotopic (exact) mass is 302 g/mol. The van der Waals surface area contributed by atoms with Gasteiger partial charge in [-0.15, -0.1) is 0 Å².